The van der Waals surface area contributed by atoms with Gasteiger partial charge in [-0.25, -0.2) is 14.4 Å². The molecule has 3 aromatic carbocycles. The molecule has 3 aromatic rings. The summed E-state index contributed by atoms with van der Waals surface area (Å²) in [6, 6.07) is 21.5. The lowest BCUT2D eigenvalue weighted by Crippen LogP contribution is -2.37. The van der Waals surface area contributed by atoms with Gasteiger partial charge in [0.25, 0.3) is 5.91 Å². The molecule has 7 heteroatoms. The zero-order chi connectivity index (χ0) is 22.9. The lowest BCUT2D eigenvalue weighted by Gasteiger charge is -2.28. The van der Waals surface area contributed by atoms with E-state index >= 15 is 0 Å². The fraction of sp³-hybridized carbons (Fsp3) is 0.231. The molecule has 0 spiro atoms. The predicted octanol–water partition coefficient (Wildman–Crippen LogP) is 4.67. The van der Waals surface area contributed by atoms with Gasteiger partial charge in [-0.3, -0.25) is 14.4 Å². The number of hydrogen-bond acceptors (Lipinski definition) is 5. The third-order valence-electron chi connectivity index (χ3n) is 5.91. The van der Waals surface area contributed by atoms with Crippen LogP contribution in [0.4, 0.5) is 15.8 Å². The van der Waals surface area contributed by atoms with Crippen molar-refractivity contribution in [1.29, 1.82) is 0 Å². The number of ether oxygens (including phenoxy) is 1. The number of benzene rings is 3. The molecule has 0 bridgehead atoms. The Balaban J connectivity index is 1.49. The first-order chi connectivity index (χ1) is 16.1. The van der Waals surface area contributed by atoms with E-state index < -0.39 is 24.0 Å². The summed E-state index contributed by atoms with van der Waals surface area (Å²) in [5, 5.41) is 1.59. The smallest absolute Gasteiger partial charge is 0.266 e. The molecule has 0 radical (unpaired) electrons. The number of anilines is 2. The van der Waals surface area contributed by atoms with Crippen molar-refractivity contribution >= 4 is 23.2 Å². The molecule has 6 nitrogen and oxygen atoms in total. The molecule has 2 fully saturated rings. The van der Waals surface area contributed by atoms with Crippen LogP contribution in [0, 0.1) is 11.7 Å². The van der Waals surface area contributed by atoms with Crippen molar-refractivity contribution in [1.82, 2.24) is 0 Å². The number of halogens is 1. The molecule has 3 atom stereocenters. The fourth-order valence-electron chi connectivity index (χ4n) is 4.38. The molecule has 5 rings (SSSR count). The average molecular weight is 446 g/mol. The lowest BCUT2D eigenvalue weighted by atomic mass is 9.90. The van der Waals surface area contributed by atoms with Gasteiger partial charge in [0.1, 0.15) is 17.5 Å². The van der Waals surface area contributed by atoms with Crippen molar-refractivity contribution in [2.24, 2.45) is 5.92 Å². The number of rotatable bonds is 6. The number of carbonyl (C=O) groups excluding carboxylic acids is 2. The molecular weight excluding hydrogens is 423 g/mol. The van der Waals surface area contributed by atoms with Gasteiger partial charge < -0.3 is 4.74 Å². The van der Waals surface area contributed by atoms with Crippen LogP contribution in [-0.2, 0) is 14.4 Å². The van der Waals surface area contributed by atoms with Crippen LogP contribution in [0.5, 0.6) is 5.75 Å². The second-order valence-electron chi connectivity index (χ2n) is 8.06. The minimum Gasteiger partial charge on any atom is -0.494 e. The van der Waals surface area contributed by atoms with Crippen molar-refractivity contribution in [3.8, 4) is 5.75 Å². The molecule has 2 amide bonds. The molecule has 168 valence electrons. The summed E-state index contributed by atoms with van der Waals surface area (Å²) in [4.78, 5) is 34.2. The molecule has 2 aliphatic heterocycles. The Morgan fingerprint density at radius 2 is 1.58 bits per heavy atom. The third-order valence-corrected chi connectivity index (χ3v) is 5.91. The van der Waals surface area contributed by atoms with E-state index in [0.29, 0.717) is 29.3 Å². The Bertz CT molecular complexity index is 1150. The van der Waals surface area contributed by atoms with Gasteiger partial charge in [-0.1, -0.05) is 37.3 Å². The molecule has 0 saturated carbocycles. The number of fused-ring (bicyclic) bond motifs is 1. The number of para-hydroxylation sites is 1. The summed E-state index contributed by atoms with van der Waals surface area (Å²) < 4.78 is 19.2. The van der Waals surface area contributed by atoms with E-state index in [4.69, 9.17) is 9.57 Å². The number of hydroxylamine groups is 1. The first-order valence-corrected chi connectivity index (χ1v) is 11.0. The normalized spacial score (nSPS) is 22.1. The average Bonchev–Trinajstić information content (AvgIpc) is 3.35. The van der Waals surface area contributed by atoms with Gasteiger partial charge in [0.2, 0.25) is 5.91 Å². The van der Waals surface area contributed by atoms with Crippen LogP contribution in [0.2, 0.25) is 0 Å². The van der Waals surface area contributed by atoms with E-state index in [1.165, 1.54) is 17.0 Å². The highest BCUT2D eigenvalue weighted by Crippen LogP contribution is 2.47. The Morgan fingerprint density at radius 1 is 0.879 bits per heavy atom. The maximum Gasteiger partial charge on any atom is 0.266 e. The molecule has 2 saturated heterocycles. The van der Waals surface area contributed by atoms with Crippen molar-refractivity contribution in [3.63, 3.8) is 0 Å². The van der Waals surface area contributed by atoms with E-state index in [-0.39, 0.29) is 11.7 Å². The Morgan fingerprint density at radius 3 is 2.24 bits per heavy atom. The first-order valence-electron chi connectivity index (χ1n) is 11.0. The zero-order valence-corrected chi connectivity index (χ0v) is 18.1. The molecule has 2 aliphatic rings. The van der Waals surface area contributed by atoms with Crippen LogP contribution in [0.15, 0.2) is 78.9 Å². The van der Waals surface area contributed by atoms with Gasteiger partial charge in [0, 0.05) is 0 Å². The van der Waals surface area contributed by atoms with E-state index in [0.717, 1.165) is 6.42 Å². The molecule has 33 heavy (non-hydrogen) atoms. The topological polar surface area (TPSA) is 59.1 Å². The van der Waals surface area contributed by atoms with Gasteiger partial charge in [-0.05, 0) is 60.5 Å². The quantitative estimate of drug-likeness (QED) is 0.515. The van der Waals surface area contributed by atoms with Gasteiger partial charge in [0.05, 0.1) is 24.0 Å². The van der Waals surface area contributed by atoms with Gasteiger partial charge in [0.15, 0.2) is 6.10 Å². The van der Waals surface area contributed by atoms with E-state index in [2.05, 4.69) is 0 Å². The molecule has 0 aliphatic carbocycles. The molecule has 0 aromatic heterocycles. The highest BCUT2D eigenvalue weighted by atomic mass is 19.1. The summed E-state index contributed by atoms with van der Waals surface area (Å²) >= 11 is 0. The predicted molar refractivity (Wildman–Crippen MR) is 121 cm³/mol. The van der Waals surface area contributed by atoms with Crippen LogP contribution in [0.1, 0.15) is 24.9 Å². The van der Waals surface area contributed by atoms with Gasteiger partial charge >= 0.3 is 0 Å². The summed E-state index contributed by atoms with van der Waals surface area (Å²) in [7, 11) is 0. The maximum atomic E-state index is 13.6. The van der Waals surface area contributed by atoms with Crippen molar-refractivity contribution < 1.29 is 23.6 Å². The Hall–Kier alpha value is -3.71. The summed E-state index contributed by atoms with van der Waals surface area (Å²) in [5.74, 6) is -1.23. The van der Waals surface area contributed by atoms with E-state index in [1.807, 2.05) is 37.3 Å². The van der Waals surface area contributed by atoms with Crippen LogP contribution >= 0.6 is 0 Å². The van der Waals surface area contributed by atoms with Crippen molar-refractivity contribution in [2.45, 2.75) is 25.5 Å². The standard InChI is InChI=1S/C26H23FN2O4/c1-2-16-32-21-14-12-19(13-15-21)28-25(30)22-23(17-8-10-18(27)11-9-17)29(33-24(22)26(28)31)20-6-4-3-5-7-20/h3-15,22-24H,2,16H2,1H3/t22-,23-,24+/m1/s1. The largest absolute Gasteiger partial charge is 0.494 e. The molecular formula is C26H23FN2O4. The van der Waals surface area contributed by atoms with Crippen LogP contribution in [-0.4, -0.2) is 24.5 Å². The number of amides is 2. The Labute approximate surface area is 191 Å². The molecule has 0 unspecified atom stereocenters. The fourth-order valence-corrected chi connectivity index (χ4v) is 4.38. The van der Waals surface area contributed by atoms with Crippen molar-refractivity contribution in [3.05, 3.63) is 90.2 Å². The van der Waals surface area contributed by atoms with E-state index in [1.54, 1.807) is 41.5 Å². The highest BCUT2D eigenvalue weighted by Gasteiger charge is 2.60. The first kappa shape index (κ1) is 21.2. The monoisotopic (exact) mass is 446 g/mol. The third kappa shape index (κ3) is 3.74. The minimum absolute atomic E-state index is 0.347. The SMILES string of the molecule is CCCOc1ccc(N2C(=O)[C@H]3[C@H](ON(c4ccccc4)[C@@H]3c3ccc(F)cc3)C2=O)cc1. The minimum atomic E-state index is -0.969. The summed E-state index contributed by atoms with van der Waals surface area (Å²) in [6.07, 6.45) is -0.0856. The number of imide groups is 1. The van der Waals surface area contributed by atoms with Crippen LogP contribution < -0.4 is 14.7 Å². The molecule has 2 heterocycles. The second-order valence-corrected chi connectivity index (χ2v) is 8.06. The highest BCUT2D eigenvalue weighted by molar-refractivity contribution is 6.23. The maximum absolute atomic E-state index is 13.6. The van der Waals surface area contributed by atoms with Crippen molar-refractivity contribution in [2.75, 3.05) is 16.6 Å². The second kappa shape index (κ2) is 8.67. The van der Waals surface area contributed by atoms with Crippen LogP contribution in [0.3, 0.4) is 0 Å². The molecule has 0 N–H and O–H groups in total. The number of nitrogens with zero attached hydrogens (tertiary/aromatic N) is 2. The summed E-state index contributed by atoms with van der Waals surface area (Å²) in [6.45, 7) is 2.61. The number of hydrogen-bond donors (Lipinski definition) is 0. The lowest BCUT2D eigenvalue weighted by molar-refractivity contribution is -0.126. The van der Waals surface area contributed by atoms with E-state index in [9.17, 15) is 14.0 Å². The van der Waals surface area contributed by atoms with Crippen LogP contribution in [0.25, 0.3) is 0 Å². The van der Waals surface area contributed by atoms with Gasteiger partial charge in [-0.2, -0.15) is 0 Å². The zero-order valence-electron chi connectivity index (χ0n) is 18.1. The van der Waals surface area contributed by atoms with Gasteiger partial charge in [-0.15, -0.1) is 0 Å². The summed E-state index contributed by atoms with van der Waals surface area (Å²) in [5.41, 5.74) is 1.88. The number of carbonyl (C=O) groups is 2. The Kier molecular flexibility index (Phi) is 5.56.